The summed E-state index contributed by atoms with van der Waals surface area (Å²) in [7, 11) is 0. The van der Waals surface area contributed by atoms with Crippen molar-refractivity contribution in [1.82, 2.24) is 0 Å². The largest absolute Gasteiger partial charge is 0.398 e. The van der Waals surface area contributed by atoms with Gasteiger partial charge in [0.25, 0.3) is 0 Å². The van der Waals surface area contributed by atoms with Crippen LogP contribution >= 0.6 is 11.6 Å². The first-order valence-electron chi connectivity index (χ1n) is 6.49. The van der Waals surface area contributed by atoms with E-state index in [2.05, 4.69) is 5.32 Å². The molecule has 0 heterocycles. The molecule has 0 atom stereocenters. The van der Waals surface area contributed by atoms with Gasteiger partial charge >= 0.3 is 0 Å². The number of nitrogens with two attached hydrogens (primary N) is 1. The van der Waals surface area contributed by atoms with E-state index in [1.54, 1.807) is 0 Å². The standard InChI is InChI=1S/C16H18ClN3/c1-10(2)16(19)12-8-7-11(9-14(12)18)20-15-6-4-3-5-13(15)17/h3-10,19-20H,18H2,1-2H3. The molecule has 0 saturated carbocycles. The lowest BCUT2D eigenvalue weighted by Gasteiger charge is -2.13. The Morgan fingerprint density at radius 1 is 1.20 bits per heavy atom. The molecule has 0 aromatic heterocycles. The summed E-state index contributed by atoms with van der Waals surface area (Å²) < 4.78 is 0. The average Bonchev–Trinajstić information content (AvgIpc) is 2.41. The van der Waals surface area contributed by atoms with Gasteiger partial charge in [0, 0.05) is 22.6 Å². The Hall–Kier alpha value is -2.00. The summed E-state index contributed by atoms with van der Waals surface area (Å²) in [5.74, 6) is 0.152. The lowest BCUT2D eigenvalue weighted by molar-refractivity contribution is 0.878. The number of hydrogen-bond acceptors (Lipinski definition) is 3. The molecule has 0 fully saturated rings. The third-order valence-corrected chi connectivity index (χ3v) is 3.40. The Kier molecular flexibility index (Phi) is 4.30. The van der Waals surface area contributed by atoms with Crippen LogP contribution in [-0.4, -0.2) is 5.71 Å². The maximum Gasteiger partial charge on any atom is 0.0640 e. The van der Waals surface area contributed by atoms with Gasteiger partial charge in [-0.05, 0) is 36.2 Å². The predicted molar refractivity (Wildman–Crippen MR) is 87.3 cm³/mol. The summed E-state index contributed by atoms with van der Waals surface area (Å²) in [5.41, 5.74) is 9.66. The van der Waals surface area contributed by atoms with Crippen LogP contribution in [0, 0.1) is 11.3 Å². The lowest BCUT2D eigenvalue weighted by atomic mass is 9.98. The molecule has 0 radical (unpaired) electrons. The second-order valence-corrected chi connectivity index (χ2v) is 5.38. The Bertz CT molecular complexity index is 635. The van der Waals surface area contributed by atoms with E-state index in [1.807, 2.05) is 56.3 Å². The van der Waals surface area contributed by atoms with Gasteiger partial charge in [-0.15, -0.1) is 0 Å². The lowest BCUT2D eigenvalue weighted by Crippen LogP contribution is -2.10. The first kappa shape index (κ1) is 14.4. The van der Waals surface area contributed by atoms with Crippen LogP contribution in [0.1, 0.15) is 19.4 Å². The molecule has 4 N–H and O–H groups in total. The van der Waals surface area contributed by atoms with Gasteiger partial charge in [0.2, 0.25) is 0 Å². The molecule has 3 nitrogen and oxygen atoms in total. The molecule has 2 aromatic rings. The maximum atomic E-state index is 8.03. The molecule has 4 heteroatoms. The number of halogens is 1. The third-order valence-electron chi connectivity index (χ3n) is 3.07. The smallest absolute Gasteiger partial charge is 0.0640 e. The van der Waals surface area contributed by atoms with E-state index in [0.29, 0.717) is 16.4 Å². The highest BCUT2D eigenvalue weighted by atomic mass is 35.5. The normalized spacial score (nSPS) is 10.6. The van der Waals surface area contributed by atoms with Crippen LogP contribution in [0.4, 0.5) is 17.1 Å². The molecule has 20 heavy (non-hydrogen) atoms. The number of para-hydroxylation sites is 1. The first-order chi connectivity index (χ1) is 9.49. The van der Waals surface area contributed by atoms with Crippen LogP contribution < -0.4 is 11.1 Å². The zero-order valence-electron chi connectivity index (χ0n) is 11.6. The average molecular weight is 288 g/mol. The van der Waals surface area contributed by atoms with Gasteiger partial charge in [0.15, 0.2) is 0 Å². The van der Waals surface area contributed by atoms with Crippen molar-refractivity contribution in [3.8, 4) is 0 Å². The Morgan fingerprint density at radius 3 is 2.50 bits per heavy atom. The monoisotopic (exact) mass is 287 g/mol. The van der Waals surface area contributed by atoms with Gasteiger partial charge in [0.05, 0.1) is 10.7 Å². The number of benzene rings is 2. The minimum atomic E-state index is 0.152. The molecule has 0 aliphatic rings. The van der Waals surface area contributed by atoms with Crippen LogP contribution in [0.25, 0.3) is 0 Å². The van der Waals surface area contributed by atoms with Crippen molar-refractivity contribution in [2.75, 3.05) is 11.1 Å². The SMILES string of the molecule is CC(C)C(=N)c1ccc(Nc2ccccc2Cl)cc1N. The second kappa shape index (κ2) is 5.97. The summed E-state index contributed by atoms with van der Waals surface area (Å²) in [6.07, 6.45) is 0. The van der Waals surface area contributed by atoms with E-state index in [0.717, 1.165) is 16.9 Å². The van der Waals surface area contributed by atoms with E-state index < -0.39 is 0 Å². The van der Waals surface area contributed by atoms with Crippen molar-refractivity contribution >= 4 is 34.4 Å². The Labute approximate surface area is 124 Å². The molecule has 0 aliphatic carbocycles. The molecule has 0 unspecified atom stereocenters. The van der Waals surface area contributed by atoms with Crippen molar-refractivity contribution in [1.29, 1.82) is 5.41 Å². The third kappa shape index (κ3) is 3.11. The van der Waals surface area contributed by atoms with Crippen molar-refractivity contribution in [2.45, 2.75) is 13.8 Å². The number of hydrogen-bond donors (Lipinski definition) is 3. The maximum absolute atomic E-state index is 8.03. The minimum Gasteiger partial charge on any atom is -0.398 e. The van der Waals surface area contributed by atoms with Crippen LogP contribution in [0.2, 0.25) is 5.02 Å². The van der Waals surface area contributed by atoms with Gasteiger partial charge < -0.3 is 16.5 Å². The van der Waals surface area contributed by atoms with Crippen molar-refractivity contribution in [2.24, 2.45) is 5.92 Å². The molecule has 0 saturated heterocycles. The van der Waals surface area contributed by atoms with E-state index in [-0.39, 0.29) is 5.92 Å². The number of rotatable bonds is 4. The Balaban J connectivity index is 2.26. The van der Waals surface area contributed by atoms with Gasteiger partial charge in [0.1, 0.15) is 0 Å². The Morgan fingerprint density at radius 2 is 1.90 bits per heavy atom. The zero-order valence-corrected chi connectivity index (χ0v) is 12.3. The molecule has 0 amide bonds. The molecule has 0 aliphatic heterocycles. The van der Waals surface area contributed by atoms with E-state index in [9.17, 15) is 0 Å². The fourth-order valence-corrected chi connectivity index (χ4v) is 2.10. The molecule has 104 valence electrons. The van der Waals surface area contributed by atoms with Crippen LogP contribution in [0.3, 0.4) is 0 Å². The first-order valence-corrected chi connectivity index (χ1v) is 6.86. The highest BCUT2D eigenvalue weighted by Gasteiger charge is 2.10. The van der Waals surface area contributed by atoms with Crippen molar-refractivity contribution in [3.63, 3.8) is 0 Å². The fraction of sp³-hybridized carbons (Fsp3) is 0.188. The molecular formula is C16H18ClN3. The number of nitrogen functional groups attached to an aromatic ring is 1. The quantitative estimate of drug-likeness (QED) is 0.564. The molecule has 2 aromatic carbocycles. The highest BCUT2D eigenvalue weighted by molar-refractivity contribution is 6.33. The summed E-state index contributed by atoms with van der Waals surface area (Å²) in [5, 5.41) is 11.9. The predicted octanol–water partition coefficient (Wildman–Crippen LogP) is 4.69. The van der Waals surface area contributed by atoms with Crippen LogP contribution in [0.5, 0.6) is 0 Å². The fourth-order valence-electron chi connectivity index (χ4n) is 1.91. The van der Waals surface area contributed by atoms with Crippen LogP contribution in [-0.2, 0) is 0 Å². The van der Waals surface area contributed by atoms with Crippen molar-refractivity contribution in [3.05, 3.63) is 53.1 Å². The van der Waals surface area contributed by atoms with Gasteiger partial charge in [-0.1, -0.05) is 37.6 Å². The van der Waals surface area contributed by atoms with Gasteiger partial charge in [-0.3, -0.25) is 0 Å². The van der Waals surface area contributed by atoms with Crippen molar-refractivity contribution < 1.29 is 0 Å². The summed E-state index contributed by atoms with van der Waals surface area (Å²) >= 11 is 6.11. The van der Waals surface area contributed by atoms with Crippen LogP contribution in [0.15, 0.2) is 42.5 Å². The molecule has 0 spiro atoms. The highest BCUT2D eigenvalue weighted by Crippen LogP contribution is 2.27. The summed E-state index contributed by atoms with van der Waals surface area (Å²) in [4.78, 5) is 0. The van der Waals surface area contributed by atoms with E-state index in [4.69, 9.17) is 22.7 Å². The summed E-state index contributed by atoms with van der Waals surface area (Å²) in [6.45, 7) is 3.97. The zero-order chi connectivity index (χ0) is 14.7. The minimum absolute atomic E-state index is 0.152. The number of nitrogens with one attached hydrogen (secondary N) is 2. The van der Waals surface area contributed by atoms with E-state index in [1.165, 1.54) is 0 Å². The molecular weight excluding hydrogens is 270 g/mol. The second-order valence-electron chi connectivity index (χ2n) is 4.98. The van der Waals surface area contributed by atoms with Gasteiger partial charge in [-0.2, -0.15) is 0 Å². The topological polar surface area (TPSA) is 61.9 Å². The number of anilines is 3. The molecule has 0 bridgehead atoms. The molecule has 2 rings (SSSR count). The summed E-state index contributed by atoms with van der Waals surface area (Å²) in [6, 6.07) is 13.1. The van der Waals surface area contributed by atoms with Gasteiger partial charge in [-0.25, -0.2) is 0 Å². The van der Waals surface area contributed by atoms with E-state index >= 15 is 0 Å².